The van der Waals surface area contributed by atoms with Crippen LogP contribution in [0.4, 0.5) is 0 Å². The summed E-state index contributed by atoms with van der Waals surface area (Å²) < 4.78 is 0. The quantitative estimate of drug-likeness (QED) is 0.856. The highest BCUT2D eigenvalue weighted by molar-refractivity contribution is 5.79. The third-order valence-electron chi connectivity index (χ3n) is 5.13. The molecule has 0 radical (unpaired) electrons. The molecule has 3 nitrogen and oxygen atoms in total. The highest BCUT2D eigenvalue weighted by Crippen LogP contribution is 2.27. The molecular formula is C19H28N2O. The normalized spacial score (nSPS) is 21.0. The molecule has 3 rings (SSSR count). The topological polar surface area (TPSA) is 23.6 Å². The molecule has 0 spiro atoms. The standard InChI is InChI=1S/C19H28N2O/c1-16-7-9-17(10-8-16)15-20-11-4-12-21(14-13-20)19(22)18-5-2-3-6-18/h7-10,18H,2-6,11-15H2,1H3. The molecule has 1 saturated heterocycles. The maximum Gasteiger partial charge on any atom is 0.225 e. The zero-order valence-electron chi connectivity index (χ0n) is 13.8. The summed E-state index contributed by atoms with van der Waals surface area (Å²) >= 11 is 0. The van der Waals surface area contributed by atoms with E-state index in [2.05, 4.69) is 41.0 Å². The molecular weight excluding hydrogens is 272 g/mol. The summed E-state index contributed by atoms with van der Waals surface area (Å²) in [5.74, 6) is 0.748. The van der Waals surface area contributed by atoms with Crippen LogP contribution in [0.15, 0.2) is 24.3 Å². The molecule has 22 heavy (non-hydrogen) atoms. The first-order valence-corrected chi connectivity index (χ1v) is 8.79. The summed E-state index contributed by atoms with van der Waals surface area (Å²) in [5.41, 5.74) is 2.69. The largest absolute Gasteiger partial charge is 0.341 e. The van der Waals surface area contributed by atoms with Gasteiger partial charge >= 0.3 is 0 Å². The molecule has 0 N–H and O–H groups in total. The summed E-state index contributed by atoms with van der Waals surface area (Å²) in [7, 11) is 0. The first-order chi connectivity index (χ1) is 10.7. The minimum atomic E-state index is 0.323. The SMILES string of the molecule is Cc1ccc(CN2CCCN(C(=O)C3CCCC3)CC2)cc1. The molecule has 1 aromatic rings. The Labute approximate surface area is 134 Å². The van der Waals surface area contributed by atoms with E-state index in [-0.39, 0.29) is 0 Å². The molecule has 3 heteroatoms. The van der Waals surface area contributed by atoms with Crippen LogP contribution >= 0.6 is 0 Å². The highest BCUT2D eigenvalue weighted by atomic mass is 16.2. The third kappa shape index (κ3) is 3.89. The fraction of sp³-hybridized carbons (Fsp3) is 0.632. The van der Waals surface area contributed by atoms with Crippen molar-refractivity contribution in [3.63, 3.8) is 0 Å². The molecule has 1 aliphatic carbocycles. The predicted molar refractivity (Wildman–Crippen MR) is 89.6 cm³/mol. The van der Waals surface area contributed by atoms with Gasteiger partial charge in [0.1, 0.15) is 0 Å². The Morgan fingerprint density at radius 2 is 1.73 bits per heavy atom. The monoisotopic (exact) mass is 300 g/mol. The molecule has 0 unspecified atom stereocenters. The van der Waals surface area contributed by atoms with Gasteiger partial charge in [-0.15, -0.1) is 0 Å². The maximum atomic E-state index is 12.6. The number of rotatable bonds is 3. The van der Waals surface area contributed by atoms with Crippen molar-refractivity contribution < 1.29 is 4.79 Å². The van der Waals surface area contributed by atoms with Crippen LogP contribution in [-0.2, 0) is 11.3 Å². The van der Waals surface area contributed by atoms with E-state index in [0.29, 0.717) is 11.8 Å². The van der Waals surface area contributed by atoms with Gasteiger partial charge in [0.25, 0.3) is 0 Å². The zero-order valence-corrected chi connectivity index (χ0v) is 13.8. The Morgan fingerprint density at radius 1 is 1.00 bits per heavy atom. The summed E-state index contributed by atoms with van der Waals surface area (Å²) in [4.78, 5) is 17.2. The molecule has 1 aliphatic heterocycles. The zero-order chi connectivity index (χ0) is 15.4. The van der Waals surface area contributed by atoms with Crippen molar-refractivity contribution in [1.29, 1.82) is 0 Å². The van der Waals surface area contributed by atoms with Crippen molar-refractivity contribution in [2.45, 2.75) is 45.6 Å². The first kappa shape index (κ1) is 15.5. The molecule has 1 aromatic carbocycles. The van der Waals surface area contributed by atoms with Crippen molar-refractivity contribution in [2.24, 2.45) is 5.92 Å². The van der Waals surface area contributed by atoms with Gasteiger partial charge in [-0.2, -0.15) is 0 Å². The Morgan fingerprint density at radius 3 is 2.45 bits per heavy atom. The number of hydrogen-bond donors (Lipinski definition) is 0. The Hall–Kier alpha value is -1.35. The second-order valence-electron chi connectivity index (χ2n) is 6.92. The van der Waals surface area contributed by atoms with E-state index in [1.165, 1.54) is 24.0 Å². The molecule has 2 aliphatic rings. The van der Waals surface area contributed by atoms with Crippen molar-refractivity contribution in [3.8, 4) is 0 Å². The second-order valence-corrected chi connectivity index (χ2v) is 6.92. The molecule has 0 bridgehead atoms. The van der Waals surface area contributed by atoms with E-state index in [1.807, 2.05) is 0 Å². The number of benzene rings is 1. The van der Waals surface area contributed by atoms with Crippen LogP contribution in [0, 0.1) is 12.8 Å². The molecule has 120 valence electrons. The van der Waals surface area contributed by atoms with Gasteiger partial charge in [-0.05, 0) is 31.7 Å². The van der Waals surface area contributed by atoms with Crippen LogP contribution in [0.5, 0.6) is 0 Å². The van der Waals surface area contributed by atoms with Crippen molar-refractivity contribution in [3.05, 3.63) is 35.4 Å². The molecule has 0 atom stereocenters. The van der Waals surface area contributed by atoms with E-state index in [0.717, 1.165) is 52.0 Å². The lowest BCUT2D eigenvalue weighted by atomic mass is 10.1. The predicted octanol–water partition coefficient (Wildman–Crippen LogP) is 3.22. The van der Waals surface area contributed by atoms with Crippen LogP contribution in [0.3, 0.4) is 0 Å². The van der Waals surface area contributed by atoms with Crippen LogP contribution in [0.25, 0.3) is 0 Å². The van der Waals surface area contributed by atoms with E-state index >= 15 is 0 Å². The number of hydrogen-bond acceptors (Lipinski definition) is 2. The van der Waals surface area contributed by atoms with E-state index in [1.54, 1.807) is 0 Å². The number of amides is 1. The lowest BCUT2D eigenvalue weighted by Gasteiger charge is -2.24. The fourth-order valence-corrected chi connectivity index (χ4v) is 3.73. The van der Waals surface area contributed by atoms with Crippen LogP contribution in [0.2, 0.25) is 0 Å². The van der Waals surface area contributed by atoms with Crippen LogP contribution < -0.4 is 0 Å². The van der Waals surface area contributed by atoms with E-state index in [4.69, 9.17) is 0 Å². The van der Waals surface area contributed by atoms with Crippen molar-refractivity contribution >= 4 is 5.91 Å². The van der Waals surface area contributed by atoms with Gasteiger partial charge in [0, 0.05) is 38.6 Å². The van der Waals surface area contributed by atoms with E-state index < -0.39 is 0 Å². The van der Waals surface area contributed by atoms with Gasteiger partial charge in [0.05, 0.1) is 0 Å². The summed E-state index contributed by atoms with van der Waals surface area (Å²) in [6, 6.07) is 8.81. The van der Waals surface area contributed by atoms with Gasteiger partial charge < -0.3 is 4.90 Å². The van der Waals surface area contributed by atoms with Gasteiger partial charge in [0.15, 0.2) is 0 Å². The fourth-order valence-electron chi connectivity index (χ4n) is 3.73. The summed E-state index contributed by atoms with van der Waals surface area (Å²) in [6.45, 7) is 7.09. The molecule has 2 fully saturated rings. The minimum absolute atomic E-state index is 0.323. The smallest absolute Gasteiger partial charge is 0.225 e. The van der Waals surface area contributed by atoms with Crippen LogP contribution in [-0.4, -0.2) is 41.9 Å². The van der Waals surface area contributed by atoms with Crippen molar-refractivity contribution in [2.75, 3.05) is 26.2 Å². The lowest BCUT2D eigenvalue weighted by Crippen LogP contribution is -2.38. The Balaban J connectivity index is 1.53. The number of carbonyl (C=O) groups excluding carboxylic acids is 1. The number of aryl methyl sites for hydroxylation is 1. The lowest BCUT2D eigenvalue weighted by molar-refractivity contribution is -0.135. The van der Waals surface area contributed by atoms with Gasteiger partial charge in [-0.1, -0.05) is 42.7 Å². The van der Waals surface area contributed by atoms with E-state index in [9.17, 15) is 4.79 Å². The average molecular weight is 300 g/mol. The van der Waals surface area contributed by atoms with Gasteiger partial charge in [-0.25, -0.2) is 0 Å². The molecule has 1 saturated carbocycles. The average Bonchev–Trinajstić information content (AvgIpc) is 2.96. The summed E-state index contributed by atoms with van der Waals surface area (Å²) in [6.07, 6.45) is 5.81. The van der Waals surface area contributed by atoms with Crippen molar-refractivity contribution in [1.82, 2.24) is 9.80 Å². The number of carbonyl (C=O) groups is 1. The minimum Gasteiger partial charge on any atom is -0.341 e. The molecule has 1 heterocycles. The molecule has 0 aromatic heterocycles. The van der Waals surface area contributed by atoms with Gasteiger partial charge in [-0.3, -0.25) is 9.69 Å². The maximum absolute atomic E-state index is 12.6. The van der Waals surface area contributed by atoms with Gasteiger partial charge in [0.2, 0.25) is 5.91 Å². The second kappa shape index (κ2) is 7.28. The third-order valence-corrected chi connectivity index (χ3v) is 5.13. The number of nitrogens with zero attached hydrogens (tertiary/aromatic N) is 2. The van der Waals surface area contributed by atoms with Crippen LogP contribution in [0.1, 0.15) is 43.2 Å². The molecule has 1 amide bonds. The summed E-state index contributed by atoms with van der Waals surface area (Å²) in [5, 5.41) is 0. The highest BCUT2D eigenvalue weighted by Gasteiger charge is 2.28. The first-order valence-electron chi connectivity index (χ1n) is 8.79. The Bertz CT molecular complexity index is 491. The Kier molecular flexibility index (Phi) is 5.14.